The highest BCUT2D eigenvalue weighted by atomic mass is 16.5. The summed E-state index contributed by atoms with van der Waals surface area (Å²) >= 11 is 0. The van der Waals surface area contributed by atoms with Crippen molar-refractivity contribution in [2.45, 2.75) is 51.7 Å². The summed E-state index contributed by atoms with van der Waals surface area (Å²) in [5.74, 6) is 1.65. The van der Waals surface area contributed by atoms with Crippen LogP contribution in [0.1, 0.15) is 45.1 Å². The standard InChI is InChI=1S/C23H29NO4/c1-16(2)18-9-11-20(12-10-18)28-17(3)23(25)24-19-6-4-7-21(14-19)27-15-22-8-5-13-26-22/h4,6-7,9-12,14,16-17,22H,5,8,13,15H2,1-3H3,(H,24,25)/t17-,22+/m1/s1. The second kappa shape index (κ2) is 9.60. The summed E-state index contributed by atoms with van der Waals surface area (Å²) in [4.78, 5) is 12.5. The summed E-state index contributed by atoms with van der Waals surface area (Å²) in [7, 11) is 0. The van der Waals surface area contributed by atoms with Crippen molar-refractivity contribution in [3.8, 4) is 11.5 Å². The molecule has 150 valence electrons. The Hall–Kier alpha value is -2.53. The first kappa shape index (κ1) is 20.2. The minimum atomic E-state index is -0.610. The molecule has 1 aliphatic rings. The van der Waals surface area contributed by atoms with Gasteiger partial charge in [-0.3, -0.25) is 4.79 Å². The first-order valence-corrected chi connectivity index (χ1v) is 9.93. The highest BCUT2D eigenvalue weighted by Crippen LogP contribution is 2.22. The number of rotatable bonds is 8. The van der Waals surface area contributed by atoms with Crippen molar-refractivity contribution >= 4 is 11.6 Å². The van der Waals surface area contributed by atoms with E-state index in [1.54, 1.807) is 6.92 Å². The zero-order chi connectivity index (χ0) is 19.9. The minimum absolute atomic E-state index is 0.161. The Morgan fingerprint density at radius 1 is 1.14 bits per heavy atom. The maximum absolute atomic E-state index is 12.5. The van der Waals surface area contributed by atoms with Crippen LogP contribution in [0.2, 0.25) is 0 Å². The summed E-state index contributed by atoms with van der Waals surface area (Å²) in [5.41, 5.74) is 1.92. The lowest BCUT2D eigenvalue weighted by atomic mass is 10.0. The first-order valence-electron chi connectivity index (χ1n) is 9.93. The molecule has 0 unspecified atom stereocenters. The molecule has 1 aliphatic heterocycles. The summed E-state index contributed by atoms with van der Waals surface area (Å²) in [6, 6.07) is 15.2. The number of ether oxygens (including phenoxy) is 3. The molecule has 2 aromatic rings. The van der Waals surface area contributed by atoms with Crippen molar-refractivity contribution in [3.05, 3.63) is 54.1 Å². The molecule has 0 radical (unpaired) electrons. The van der Waals surface area contributed by atoms with Crippen LogP contribution in [-0.4, -0.2) is 31.3 Å². The van der Waals surface area contributed by atoms with Crippen LogP contribution in [0.3, 0.4) is 0 Å². The quantitative estimate of drug-likeness (QED) is 0.713. The van der Waals surface area contributed by atoms with Gasteiger partial charge >= 0.3 is 0 Å². The Morgan fingerprint density at radius 3 is 2.61 bits per heavy atom. The van der Waals surface area contributed by atoms with Gasteiger partial charge in [-0.15, -0.1) is 0 Å². The minimum Gasteiger partial charge on any atom is -0.491 e. The number of anilines is 1. The fraction of sp³-hybridized carbons (Fsp3) is 0.435. The average Bonchev–Trinajstić information content (AvgIpc) is 3.20. The Morgan fingerprint density at radius 2 is 1.93 bits per heavy atom. The van der Waals surface area contributed by atoms with E-state index in [-0.39, 0.29) is 12.0 Å². The zero-order valence-electron chi connectivity index (χ0n) is 16.8. The third kappa shape index (κ3) is 5.73. The predicted octanol–water partition coefficient (Wildman–Crippen LogP) is 4.77. The Labute approximate surface area is 167 Å². The van der Waals surface area contributed by atoms with Crippen molar-refractivity contribution in [1.82, 2.24) is 0 Å². The Balaban J connectivity index is 1.52. The van der Waals surface area contributed by atoms with Gasteiger partial charge in [0.2, 0.25) is 0 Å². The maximum Gasteiger partial charge on any atom is 0.265 e. The normalized spacial score (nSPS) is 17.4. The Kier molecular flexibility index (Phi) is 6.93. The van der Waals surface area contributed by atoms with Gasteiger partial charge in [0, 0.05) is 18.4 Å². The predicted molar refractivity (Wildman–Crippen MR) is 110 cm³/mol. The fourth-order valence-corrected chi connectivity index (χ4v) is 3.06. The molecule has 0 spiro atoms. The van der Waals surface area contributed by atoms with Gasteiger partial charge in [0.25, 0.3) is 5.91 Å². The van der Waals surface area contributed by atoms with Crippen LogP contribution in [0.15, 0.2) is 48.5 Å². The fourth-order valence-electron chi connectivity index (χ4n) is 3.06. The summed E-state index contributed by atoms with van der Waals surface area (Å²) in [6.45, 7) is 7.37. The van der Waals surface area contributed by atoms with Crippen LogP contribution in [0.4, 0.5) is 5.69 Å². The number of hydrogen-bond acceptors (Lipinski definition) is 4. The molecule has 1 amide bonds. The largest absolute Gasteiger partial charge is 0.491 e. The summed E-state index contributed by atoms with van der Waals surface area (Å²) < 4.78 is 17.1. The number of nitrogens with one attached hydrogen (secondary N) is 1. The highest BCUT2D eigenvalue weighted by molar-refractivity contribution is 5.94. The average molecular weight is 383 g/mol. The lowest BCUT2D eigenvalue weighted by Gasteiger charge is -2.16. The van der Waals surface area contributed by atoms with E-state index >= 15 is 0 Å². The molecule has 5 heteroatoms. The molecule has 28 heavy (non-hydrogen) atoms. The second-order valence-corrected chi connectivity index (χ2v) is 7.45. The highest BCUT2D eigenvalue weighted by Gasteiger charge is 2.17. The van der Waals surface area contributed by atoms with Crippen LogP contribution in [0.5, 0.6) is 11.5 Å². The van der Waals surface area contributed by atoms with E-state index in [2.05, 4.69) is 19.2 Å². The molecular weight excluding hydrogens is 354 g/mol. The summed E-state index contributed by atoms with van der Waals surface area (Å²) in [6.07, 6.45) is 1.67. The molecular formula is C23H29NO4. The maximum atomic E-state index is 12.5. The van der Waals surface area contributed by atoms with Crippen LogP contribution >= 0.6 is 0 Å². The van der Waals surface area contributed by atoms with Crippen LogP contribution in [-0.2, 0) is 9.53 Å². The van der Waals surface area contributed by atoms with E-state index in [1.165, 1.54) is 5.56 Å². The van der Waals surface area contributed by atoms with Gasteiger partial charge in [-0.2, -0.15) is 0 Å². The Bertz CT molecular complexity index is 766. The second-order valence-electron chi connectivity index (χ2n) is 7.45. The lowest BCUT2D eigenvalue weighted by molar-refractivity contribution is -0.122. The van der Waals surface area contributed by atoms with E-state index in [4.69, 9.17) is 14.2 Å². The van der Waals surface area contributed by atoms with Crippen molar-refractivity contribution in [3.63, 3.8) is 0 Å². The lowest BCUT2D eigenvalue weighted by Crippen LogP contribution is -2.30. The van der Waals surface area contributed by atoms with Crippen molar-refractivity contribution < 1.29 is 19.0 Å². The number of carbonyl (C=O) groups excluding carboxylic acids is 1. The van der Waals surface area contributed by atoms with Crippen molar-refractivity contribution in [1.29, 1.82) is 0 Å². The number of carbonyl (C=O) groups is 1. The van der Waals surface area contributed by atoms with E-state index in [0.717, 1.165) is 19.4 Å². The number of benzene rings is 2. The van der Waals surface area contributed by atoms with Crippen molar-refractivity contribution in [2.75, 3.05) is 18.5 Å². The van der Waals surface area contributed by atoms with Crippen LogP contribution in [0.25, 0.3) is 0 Å². The SMILES string of the molecule is CC(C)c1ccc(O[C@H](C)C(=O)Nc2cccc(OC[C@@H]3CCCO3)c2)cc1. The molecule has 3 rings (SSSR count). The van der Waals surface area contributed by atoms with E-state index in [1.807, 2.05) is 48.5 Å². The van der Waals surface area contributed by atoms with Crippen LogP contribution < -0.4 is 14.8 Å². The molecule has 1 fully saturated rings. The van der Waals surface area contributed by atoms with E-state index < -0.39 is 6.10 Å². The molecule has 0 aliphatic carbocycles. The monoisotopic (exact) mass is 383 g/mol. The van der Waals surface area contributed by atoms with E-state index in [0.29, 0.717) is 29.7 Å². The van der Waals surface area contributed by atoms with Crippen LogP contribution in [0, 0.1) is 0 Å². The third-order valence-electron chi connectivity index (χ3n) is 4.79. The topological polar surface area (TPSA) is 56.8 Å². The van der Waals surface area contributed by atoms with Gasteiger partial charge in [0.15, 0.2) is 6.10 Å². The first-order chi connectivity index (χ1) is 13.5. The number of amides is 1. The van der Waals surface area contributed by atoms with Gasteiger partial charge < -0.3 is 19.5 Å². The molecule has 2 atom stereocenters. The van der Waals surface area contributed by atoms with E-state index in [9.17, 15) is 4.79 Å². The van der Waals surface area contributed by atoms with Gasteiger partial charge in [-0.05, 0) is 55.5 Å². The molecule has 0 bridgehead atoms. The van der Waals surface area contributed by atoms with Gasteiger partial charge in [-0.1, -0.05) is 32.0 Å². The molecule has 2 aromatic carbocycles. The smallest absolute Gasteiger partial charge is 0.265 e. The molecule has 0 aromatic heterocycles. The van der Waals surface area contributed by atoms with Gasteiger partial charge in [0.05, 0.1) is 6.10 Å². The molecule has 1 saturated heterocycles. The number of hydrogen-bond donors (Lipinski definition) is 1. The molecule has 0 saturated carbocycles. The molecule has 1 heterocycles. The van der Waals surface area contributed by atoms with Crippen molar-refractivity contribution in [2.24, 2.45) is 0 Å². The van der Waals surface area contributed by atoms with Gasteiger partial charge in [-0.25, -0.2) is 0 Å². The zero-order valence-corrected chi connectivity index (χ0v) is 16.8. The molecule has 5 nitrogen and oxygen atoms in total. The molecule has 1 N–H and O–H groups in total. The third-order valence-corrected chi connectivity index (χ3v) is 4.79. The van der Waals surface area contributed by atoms with Gasteiger partial charge in [0.1, 0.15) is 18.1 Å². The summed E-state index contributed by atoms with van der Waals surface area (Å²) in [5, 5.41) is 2.88.